The van der Waals surface area contributed by atoms with Crippen molar-refractivity contribution in [1.82, 2.24) is 4.90 Å². The summed E-state index contributed by atoms with van der Waals surface area (Å²) in [5.41, 5.74) is 0. The summed E-state index contributed by atoms with van der Waals surface area (Å²) in [5, 5.41) is 9.71. The SMILES string of the molecule is CCCCCCCCC(O)CN(C)CC. The van der Waals surface area contributed by atoms with Crippen molar-refractivity contribution in [3.8, 4) is 0 Å². The molecule has 0 amide bonds. The van der Waals surface area contributed by atoms with Gasteiger partial charge in [-0.1, -0.05) is 52.4 Å². The molecule has 0 fully saturated rings. The molecule has 1 atom stereocenters. The van der Waals surface area contributed by atoms with E-state index in [0.29, 0.717) is 0 Å². The number of unbranched alkanes of at least 4 members (excludes halogenated alkanes) is 5. The molecule has 0 aliphatic rings. The summed E-state index contributed by atoms with van der Waals surface area (Å²) in [6.45, 7) is 6.21. The van der Waals surface area contributed by atoms with E-state index in [1.54, 1.807) is 0 Å². The molecule has 0 heterocycles. The average Bonchev–Trinajstić information content (AvgIpc) is 2.23. The van der Waals surface area contributed by atoms with E-state index < -0.39 is 0 Å². The molecule has 0 aromatic carbocycles. The molecule has 0 aliphatic heterocycles. The molecule has 1 unspecified atom stereocenters. The molecular formula is C13H29NO. The Kier molecular flexibility index (Phi) is 10.4. The molecule has 0 rings (SSSR count). The van der Waals surface area contributed by atoms with Crippen LogP contribution >= 0.6 is 0 Å². The highest BCUT2D eigenvalue weighted by Crippen LogP contribution is 2.09. The lowest BCUT2D eigenvalue weighted by Gasteiger charge is -2.18. The summed E-state index contributed by atoms with van der Waals surface area (Å²) in [6.07, 6.45) is 8.68. The molecule has 0 aliphatic carbocycles. The summed E-state index contributed by atoms with van der Waals surface area (Å²) in [5.74, 6) is 0. The highest BCUT2D eigenvalue weighted by Gasteiger charge is 2.05. The lowest BCUT2D eigenvalue weighted by atomic mass is 10.1. The molecule has 2 nitrogen and oxygen atoms in total. The molecule has 1 N–H and O–H groups in total. The van der Waals surface area contributed by atoms with E-state index in [2.05, 4.69) is 25.8 Å². The van der Waals surface area contributed by atoms with Crippen LogP contribution in [0.2, 0.25) is 0 Å². The fourth-order valence-electron chi connectivity index (χ4n) is 1.74. The first kappa shape index (κ1) is 14.9. The largest absolute Gasteiger partial charge is 0.392 e. The number of hydrogen-bond donors (Lipinski definition) is 1. The normalized spacial score (nSPS) is 13.4. The van der Waals surface area contributed by atoms with E-state index in [1.165, 1.54) is 38.5 Å². The maximum Gasteiger partial charge on any atom is 0.0667 e. The van der Waals surface area contributed by atoms with Gasteiger partial charge in [0.1, 0.15) is 0 Å². The van der Waals surface area contributed by atoms with Gasteiger partial charge in [-0.3, -0.25) is 0 Å². The van der Waals surface area contributed by atoms with Gasteiger partial charge >= 0.3 is 0 Å². The first-order valence-electron chi connectivity index (χ1n) is 6.57. The number of aliphatic hydroxyl groups is 1. The van der Waals surface area contributed by atoms with Crippen LogP contribution in [0.1, 0.15) is 58.8 Å². The molecule has 0 aromatic rings. The quantitative estimate of drug-likeness (QED) is 0.566. The smallest absolute Gasteiger partial charge is 0.0667 e. The fraction of sp³-hybridized carbons (Fsp3) is 1.00. The van der Waals surface area contributed by atoms with E-state index in [0.717, 1.165) is 19.5 Å². The molecule has 0 bridgehead atoms. The number of likely N-dealkylation sites (N-methyl/N-ethyl adjacent to an activating group) is 1. The third-order valence-electron chi connectivity index (χ3n) is 2.95. The molecular weight excluding hydrogens is 186 g/mol. The van der Waals surface area contributed by atoms with E-state index in [-0.39, 0.29) is 6.10 Å². The molecule has 0 radical (unpaired) electrons. The molecule has 2 heteroatoms. The van der Waals surface area contributed by atoms with Gasteiger partial charge < -0.3 is 10.0 Å². The minimum atomic E-state index is -0.124. The first-order valence-corrected chi connectivity index (χ1v) is 6.57. The second-order valence-electron chi connectivity index (χ2n) is 4.57. The minimum absolute atomic E-state index is 0.124. The highest BCUT2D eigenvalue weighted by molar-refractivity contribution is 4.60. The molecule has 0 aromatic heterocycles. The standard InChI is InChI=1S/C13H29NO/c1-4-6-7-8-9-10-11-13(15)12-14(3)5-2/h13,15H,4-12H2,1-3H3. The van der Waals surface area contributed by atoms with Gasteiger partial charge in [0.25, 0.3) is 0 Å². The predicted octanol–water partition coefficient (Wildman–Crippen LogP) is 3.05. The summed E-state index contributed by atoms with van der Waals surface area (Å²) in [7, 11) is 2.06. The lowest BCUT2D eigenvalue weighted by molar-refractivity contribution is 0.117. The van der Waals surface area contributed by atoms with Crippen LogP contribution in [-0.4, -0.2) is 36.2 Å². The lowest BCUT2D eigenvalue weighted by Crippen LogP contribution is -2.28. The van der Waals surface area contributed by atoms with Gasteiger partial charge in [-0.2, -0.15) is 0 Å². The van der Waals surface area contributed by atoms with Crippen molar-refractivity contribution in [3.05, 3.63) is 0 Å². The topological polar surface area (TPSA) is 23.5 Å². The molecule has 92 valence electrons. The Bertz CT molecular complexity index is 128. The van der Waals surface area contributed by atoms with Crippen LogP contribution in [0.3, 0.4) is 0 Å². The van der Waals surface area contributed by atoms with Crippen molar-refractivity contribution in [2.45, 2.75) is 64.9 Å². The van der Waals surface area contributed by atoms with Crippen LogP contribution in [0, 0.1) is 0 Å². The van der Waals surface area contributed by atoms with Crippen LogP contribution in [0.4, 0.5) is 0 Å². The molecule has 0 spiro atoms. The second-order valence-corrected chi connectivity index (χ2v) is 4.57. The van der Waals surface area contributed by atoms with Crippen molar-refractivity contribution in [1.29, 1.82) is 0 Å². The van der Waals surface area contributed by atoms with Crippen LogP contribution in [0.15, 0.2) is 0 Å². The zero-order valence-electron chi connectivity index (χ0n) is 10.8. The van der Waals surface area contributed by atoms with Gasteiger partial charge in [0.15, 0.2) is 0 Å². The van der Waals surface area contributed by atoms with E-state index in [1.807, 2.05) is 0 Å². The summed E-state index contributed by atoms with van der Waals surface area (Å²) in [4.78, 5) is 2.17. The monoisotopic (exact) mass is 215 g/mol. The van der Waals surface area contributed by atoms with E-state index in [9.17, 15) is 5.11 Å². The van der Waals surface area contributed by atoms with Gasteiger partial charge in [-0.15, -0.1) is 0 Å². The number of nitrogens with zero attached hydrogens (tertiary/aromatic N) is 1. The molecule has 0 saturated carbocycles. The van der Waals surface area contributed by atoms with Crippen molar-refractivity contribution >= 4 is 0 Å². The summed E-state index contributed by atoms with van der Waals surface area (Å²) in [6, 6.07) is 0. The Balaban J connectivity index is 3.20. The van der Waals surface area contributed by atoms with Gasteiger partial charge in [0.05, 0.1) is 6.10 Å². The Hall–Kier alpha value is -0.0800. The van der Waals surface area contributed by atoms with Crippen LogP contribution in [0.5, 0.6) is 0 Å². The van der Waals surface area contributed by atoms with Gasteiger partial charge in [0.2, 0.25) is 0 Å². The van der Waals surface area contributed by atoms with Crippen molar-refractivity contribution in [2.24, 2.45) is 0 Å². The minimum Gasteiger partial charge on any atom is -0.392 e. The zero-order valence-corrected chi connectivity index (χ0v) is 10.8. The van der Waals surface area contributed by atoms with Crippen molar-refractivity contribution < 1.29 is 5.11 Å². The summed E-state index contributed by atoms with van der Waals surface area (Å²) >= 11 is 0. The first-order chi connectivity index (χ1) is 7.20. The maximum atomic E-state index is 9.71. The Morgan fingerprint density at radius 1 is 1.00 bits per heavy atom. The van der Waals surface area contributed by atoms with E-state index in [4.69, 9.17) is 0 Å². The number of rotatable bonds is 10. The van der Waals surface area contributed by atoms with Gasteiger partial charge in [-0.05, 0) is 20.0 Å². The van der Waals surface area contributed by atoms with Crippen molar-refractivity contribution in [2.75, 3.05) is 20.1 Å². The third-order valence-corrected chi connectivity index (χ3v) is 2.95. The van der Waals surface area contributed by atoms with Gasteiger partial charge in [0, 0.05) is 6.54 Å². The van der Waals surface area contributed by atoms with Crippen LogP contribution < -0.4 is 0 Å². The third kappa shape index (κ3) is 10.2. The summed E-state index contributed by atoms with van der Waals surface area (Å²) < 4.78 is 0. The Labute approximate surface area is 95.7 Å². The van der Waals surface area contributed by atoms with Crippen molar-refractivity contribution in [3.63, 3.8) is 0 Å². The molecule has 15 heavy (non-hydrogen) atoms. The van der Waals surface area contributed by atoms with E-state index >= 15 is 0 Å². The van der Waals surface area contributed by atoms with Gasteiger partial charge in [-0.25, -0.2) is 0 Å². The number of aliphatic hydroxyl groups excluding tert-OH is 1. The fourth-order valence-corrected chi connectivity index (χ4v) is 1.74. The highest BCUT2D eigenvalue weighted by atomic mass is 16.3. The van der Waals surface area contributed by atoms with Crippen LogP contribution in [-0.2, 0) is 0 Å². The Morgan fingerprint density at radius 2 is 1.60 bits per heavy atom. The Morgan fingerprint density at radius 3 is 2.20 bits per heavy atom. The predicted molar refractivity (Wildman–Crippen MR) is 67.2 cm³/mol. The maximum absolute atomic E-state index is 9.71. The second kappa shape index (κ2) is 10.4. The molecule has 0 saturated heterocycles. The average molecular weight is 215 g/mol. The number of hydrogen-bond acceptors (Lipinski definition) is 2. The van der Waals surface area contributed by atoms with Crippen LogP contribution in [0.25, 0.3) is 0 Å². The zero-order chi connectivity index (χ0) is 11.5.